The molecule has 1 unspecified atom stereocenters. The lowest BCUT2D eigenvalue weighted by atomic mass is 10.1. The van der Waals surface area contributed by atoms with E-state index in [9.17, 15) is 0 Å². The molecule has 0 radical (unpaired) electrons. The fraction of sp³-hybridized carbons (Fsp3) is 0.800. The van der Waals surface area contributed by atoms with Crippen molar-refractivity contribution in [3.63, 3.8) is 0 Å². The minimum atomic E-state index is 0.860. The summed E-state index contributed by atoms with van der Waals surface area (Å²) in [5.74, 6) is 3.56. The molecule has 0 saturated carbocycles. The highest BCUT2D eigenvalue weighted by molar-refractivity contribution is 7.99. The maximum absolute atomic E-state index is 3.37. The summed E-state index contributed by atoms with van der Waals surface area (Å²) in [4.78, 5) is 0. The second kappa shape index (κ2) is 6.55. The molecule has 1 aliphatic rings. The van der Waals surface area contributed by atoms with Crippen molar-refractivity contribution in [1.29, 1.82) is 0 Å². The van der Waals surface area contributed by atoms with Crippen LogP contribution >= 0.6 is 11.8 Å². The molecule has 70 valence electrons. The Morgan fingerprint density at radius 3 is 3.17 bits per heavy atom. The Morgan fingerprint density at radius 2 is 2.50 bits per heavy atom. The largest absolute Gasteiger partial charge is 0.313 e. The molecular formula is C10H19NS. The van der Waals surface area contributed by atoms with E-state index in [0.29, 0.717) is 0 Å². The number of hydrogen-bond acceptors (Lipinski definition) is 2. The Bertz CT molecular complexity index is 128. The molecule has 2 heteroatoms. The zero-order chi connectivity index (χ0) is 8.65. The predicted octanol–water partition coefficient (Wildman–Crippen LogP) is 2.30. The first-order chi connectivity index (χ1) is 5.93. The van der Waals surface area contributed by atoms with Crippen molar-refractivity contribution in [3.05, 3.63) is 12.2 Å². The summed E-state index contributed by atoms with van der Waals surface area (Å²) >= 11 is 2.08. The molecule has 1 aliphatic heterocycles. The quantitative estimate of drug-likeness (QED) is 0.521. The Labute approximate surface area is 80.0 Å². The highest BCUT2D eigenvalue weighted by Crippen LogP contribution is 2.23. The van der Waals surface area contributed by atoms with Crippen molar-refractivity contribution < 1.29 is 0 Å². The Morgan fingerprint density at radius 1 is 1.58 bits per heavy atom. The zero-order valence-corrected chi connectivity index (χ0v) is 8.70. The smallest absolute Gasteiger partial charge is 0.0134 e. The SMILES string of the molecule is CCCNC/C=C/C1CCSC1. The van der Waals surface area contributed by atoms with Crippen molar-refractivity contribution in [1.82, 2.24) is 5.32 Å². The van der Waals surface area contributed by atoms with Crippen molar-refractivity contribution in [2.75, 3.05) is 24.6 Å². The average molecular weight is 185 g/mol. The monoisotopic (exact) mass is 185 g/mol. The van der Waals surface area contributed by atoms with E-state index in [2.05, 4.69) is 36.2 Å². The summed E-state index contributed by atoms with van der Waals surface area (Å²) < 4.78 is 0. The number of hydrogen-bond donors (Lipinski definition) is 1. The Hall–Kier alpha value is 0.0500. The molecule has 1 atom stereocenters. The molecule has 12 heavy (non-hydrogen) atoms. The van der Waals surface area contributed by atoms with Gasteiger partial charge in [0, 0.05) is 6.54 Å². The predicted molar refractivity (Wildman–Crippen MR) is 57.7 cm³/mol. The van der Waals surface area contributed by atoms with Crippen LogP contribution in [0.15, 0.2) is 12.2 Å². The molecule has 1 rings (SSSR count). The van der Waals surface area contributed by atoms with E-state index in [1.54, 1.807) is 0 Å². The standard InChI is InChI=1S/C10H19NS/c1-2-6-11-7-3-4-10-5-8-12-9-10/h3-4,10-11H,2,5-9H2,1H3/b4-3+. The van der Waals surface area contributed by atoms with E-state index in [1.807, 2.05) is 0 Å². The topological polar surface area (TPSA) is 12.0 Å². The van der Waals surface area contributed by atoms with Crippen LogP contribution < -0.4 is 5.32 Å². The van der Waals surface area contributed by atoms with E-state index in [1.165, 1.54) is 24.3 Å². The average Bonchev–Trinajstić information content (AvgIpc) is 2.57. The molecule has 1 heterocycles. The molecule has 0 spiro atoms. The second-order valence-corrected chi connectivity index (χ2v) is 4.41. The lowest BCUT2D eigenvalue weighted by Gasteiger charge is -2.00. The molecule has 0 aromatic carbocycles. The van der Waals surface area contributed by atoms with E-state index in [4.69, 9.17) is 0 Å². The minimum Gasteiger partial charge on any atom is -0.313 e. The van der Waals surface area contributed by atoms with Gasteiger partial charge in [-0.3, -0.25) is 0 Å². The number of allylic oxidation sites excluding steroid dienone is 1. The van der Waals surface area contributed by atoms with Crippen LogP contribution in [0.2, 0.25) is 0 Å². The Balaban J connectivity index is 1.97. The van der Waals surface area contributed by atoms with Gasteiger partial charge >= 0.3 is 0 Å². The lowest BCUT2D eigenvalue weighted by Crippen LogP contribution is -2.14. The fourth-order valence-corrected chi connectivity index (χ4v) is 2.54. The van der Waals surface area contributed by atoms with Crippen LogP contribution in [-0.2, 0) is 0 Å². The molecular weight excluding hydrogens is 166 g/mol. The first-order valence-electron chi connectivity index (χ1n) is 4.88. The van der Waals surface area contributed by atoms with Gasteiger partial charge in [0.2, 0.25) is 0 Å². The summed E-state index contributed by atoms with van der Waals surface area (Å²) in [6.45, 7) is 4.39. The van der Waals surface area contributed by atoms with Crippen LogP contribution in [0.5, 0.6) is 0 Å². The van der Waals surface area contributed by atoms with Crippen LogP contribution in [-0.4, -0.2) is 24.6 Å². The number of nitrogens with one attached hydrogen (secondary N) is 1. The van der Waals surface area contributed by atoms with E-state index >= 15 is 0 Å². The van der Waals surface area contributed by atoms with Gasteiger partial charge in [-0.15, -0.1) is 0 Å². The van der Waals surface area contributed by atoms with Crippen molar-refractivity contribution >= 4 is 11.8 Å². The van der Waals surface area contributed by atoms with Crippen LogP contribution in [0.1, 0.15) is 19.8 Å². The van der Waals surface area contributed by atoms with Gasteiger partial charge < -0.3 is 5.32 Å². The number of thioether (sulfide) groups is 1. The highest BCUT2D eigenvalue weighted by Gasteiger charge is 2.10. The first kappa shape index (κ1) is 10.1. The van der Waals surface area contributed by atoms with Crippen LogP contribution in [0.4, 0.5) is 0 Å². The first-order valence-corrected chi connectivity index (χ1v) is 6.04. The van der Waals surface area contributed by atoms with Gasteiger partial charge in [0.1, 0.15) is 0 Å². The van der Waals surface area contributed by atoms with Crippen molar-refractivity contribution in [2.45, 2.75) is 19.8 Å². The third-order valence-corrected chi connectivity index (χ3v) is 3.25. The highest BCUT2D eigenvalue weighted by atomic mass is 32.2. The maximum Gasteiger partial charge on any atom is 0.0134 e. The molecule has 1 nitrogen and oxygen atoms in total. The van der Waals surface area contributed by atoms with Gasteiger partial charge in [-0.05, 0) is 36.8 Å². The van der Waals surface area contributed by atoms with Gasteiger partial charge in [-0.2, -0.15) is 11.8 Å². The summed E-state index contributed by atoms with van der Waals surface area (Å²) in [5, 5.41) is 3.37. The fourth-order valence-electron chi connectivity index (χ4n) is 1.33. The molecule has 1 N–H and O–H groups in total. The summed E-state index contributed by atoms with van der Waals surface area (Å²) in [7, 11) is 0. The van der Waals surface area contributed by atoms with E-state index < -0.39 is 0 Å². The van der Waals surface area contributed by atoms with Gasteiger partial charge in [0.25, 0.3) is 0 Å². The lowest BCUT2D eigenvalue weighted by molar-refractivity contribution is 0.713. The molecule has 0 bridgehead atoms. The zero-order valence-electron chi connectivity index (χ0n) is 7.88. The van der Waals surface area contributed by atoms with Gasteiger partial charge in [-0.1, -0.05) is 19.1 Å². The Kier molecular flexibility index (Phi) is 5.53. The molecule has 0 aliphatic carbocycles. The van der Waals surface area contributed by atoms with Crippen molar-refractivity contribution in [3.8, 4) is 0 Å². The molecule has 1 saturated heterocycles. The molecule has 0 amide bonds. The summed E-state index contributed by atoms with van der Waals surface area (Å²) in [6, 6.07) is 0. The molecule has 0 aromatic rings. The summed E-state index contributed by atoms with van der Waals surface area (Å²) in [5.41, 5.74) is 0. The normalized spacial score (nSPS) is 23.9. The van der Waals surface area contributed by atoms with Crippen LogP contribution in [0.3, 0.4) is 0 Å². The summed E-state index contributed by atoms with van der Waals surface area (Å²) in [6.07, 6.45) is 7.27. The maximum atomic E-state index is 3.37. The van der Waals surface area contributed by atoms with Gasteiger partial charge in [0.15, 0.2) is 0 Å². The molecule has 1 fully saturated rings. The third-order valence-electron chi connectivity index (χ3n) is 2.06. The van der Waals surface area contributed by atoms with E-state index in [-0.39, 0.29) is 0 Å². The van der Waals surface area contributed by atoms with Crippen molar-refractivity contribution in [2.24, 2.45) is 5.92 Å². The number of rotatable bonds is 5. The van der Waals surface area contributed by atoms with Crippen LogP contribution in [0, 0.1) is 5.92 Å². The second-order valence-electron chi connectivity index (χ2n) is 3.26. The van der Waals surface area contributed by atoms with E-state index in [0.717, 1.165) is 19.0 Å². The van der Waals surface area contributed by atoms with Crippen LogP contribution in [0.25, 0.3) is 0 Å². The van der Waals surface area contributed by atoms with Gasteiger partial charge in [-0.25, -0.2) is 0 Å². The molecule has 0 aromatic heterocycles. The third kappa shape index (κ3) is 4.17. The minimum absolute atomic E-state index is 0.860. The van der Waals surface area contributed by atoms with Gasteiger partial charge in [0.05, 0.1) is 0 Å².